The minimum Gasteiger partial charge on any atom is -0.370 e. The van der Waals surface area contributed by atoms with Gasteiger partial charge in [0, 0.05) is 31.4 Å². The number of benzene rings is 1. The zero-order chi connectivity index (χ0) is 18.4. The van der Waals surface area contributed by atoms with Crippen molar-refractivity contribution in [3.8, 4) is 0 Å². The number of nitrogens with zero attached hydrogens (tertiary/aromatic N) is 2. The fourth-order valence-electron chi connectivity index (χ4n) is 3.07. The van der Waals surface area contributed by atoms with Crippen LogP contribution in [0.3, 0.4) is 0 Å². The summed E-state index contributed by atoms with van der Waals surface area (Å²) < 4.78 is 0. The highest BCUT2D eigenvalue weighted by atomic mass is 16.2. The molecule has 1 aliphatic heterocycles. The summed E-state index contributed by atoms with van der Waals surface area (Å²) in [6.45, 7) is 3.55. The predicted octanol–water partition coefficient (Wildman–Crippen LogP) is 3.67. The number of carbonyl (C=O) groups excluding carboxylic acids is 2. The normalized spacial score (nSPS) is 14.4. The molecule has 1 aromatic heterocycles. The Morgan fingerprint density at radius 3 is 2.04 bits per heavy atom. The van der Waals surface area contributed by atoms with Crippen molar-refractivity contribution in [2.24, 2.45) is 0 Å². The fraction of sp³-hybridized carbons (Fsp3) is 0.350. The highest BCUT2D eigenvalue weighted by molar-refractivity contribution is 6.03. The van der Waals surface area contributed by atoms with Crippen LogP contribution >= 0.6 is 0 Å². The molecule has 0 saturated carbocycles. The molecule has 6 nitrogen and oxygen atoms in total. The van der Waals surface area contributed by atoms with Gasteiger partial charge in [-0.15, -0.1) is 0 Å². The van der Waals surface area contributed by atoms with Gasteiger partial charge in [0.15, 0.2) is 0 Å². The van der Waals surface area contributed by atoms with Crippen LogP contribution in [0, 0.1) is 0 Å². The van der Waals surface area contributed by atoms with Crippen molar-refractivity contribution in [3.05, 3.63) is 48.3 Å². The van der Waals surface area contributed by atoms with Crippen molar-refractivity contribution in [1.29, 1.82) is 0 Å². The van der Waals surface area contributed by atoms with Gasteiger partial charge in [0.25, 0.3) is 5.91 Å². The van der Waals surface area contributed by atoms with Crippen LogP contribution in [0.5, 0.6) is 0 Å². The average Bonchev–Trinajstić information content (AvgIpc) is 2.92. The molecule has 0 spiro atoms. The molecule has 1 fully saturated rings. The van der Waals surface area contributed by atoms with E-state index in [0.717, 1.165) is 18.8 Å². The maximum atomic E-state index is 12.4. The molecule has 0 atom stereocenters. The second-order valence-electron chi connectivity index (χ2n) is 6.52. The minimum absolute atomic E-state index is 0.129. The number of hydrogen-bond acceptors (Lipinski definition) is 4. The van der Waals surface area contributed by atoms with E-state index in [1.165, 1.54) is 32.6 Å². The third-order valence-corrected chi connectivity index (χ3v) is 4.41. The number of nitrogens with one attached hydrogen (secondary N) is 2. The molecule has 1 aromatic carbocycles. The number of hydrogen-bond donors (Lipinski definition) is 2. The molecule has 2 amide bonds. The molecule has 1 aliphatic rings. The first kappa shape index (κ1) is 17.9. The van der Waals surface area contributed by atoms with Crippen LogP contribution in [0.25, 0.3) is 0 Å². The maximum Gasteiger partial charge on any atom is 0.274 e. The summed E-state index contributed by atoms with van der Waals surface area (Å²) in [6.07, 6.45) is 6.75. The Labute approximate surface area is 153 Å². The van der Waals surface area contributed by atoms with E-state index in [9.17, 15) is 9.59 Å². The highest BCUT2D eigenvalue weighted by Gasteiger charge is 2.12. The van der Waals surface area contributed by atoms with Gasteiger partial charge < -0.3 is 15.5 Å². The number of rotatable bonds is 4. The zero-order valence-corrected chi connectivity index (χ0v) is 15.0. The monoisotopic (exact) mass is 352 g/mol. The summed E-state index contributed by atoms with van der Waals surface area (Å²) in [7, 11) is 0. The first-order valence-electron chi connectivity index (χ1n) is 9.02. The lowest BCUT2D eigenvalue weighted by molar-refractivity contribution is -0.114. The van der Waals surface area contributed by atoms with Crippen LogP contribution < -0.4 is 15.5 Å². The number of pyridine rings is 1. The number of anilines is 3. The maximum absolute atomic E-state index is 12.4. The second kappa shape index (κ2) is 8.47. The molecule has 0 radical (unpaired) electrons. The van der Waals surface area contributed by atoms with Crippen LogP contribution in [0.1, 0.15) is 43.1 Å². The Morgan fingerprint density at radius 2 is 1.50 bits per heavy atom. The van der Waals surface area contributed by atoms with Gasteiger partial charge in [-0.25, -0.2) is 4.98 Å². The smallest absolute Gasteiger partial charge is 0.274 e. The van der Waals surface area contributed by atoms with Gasteiger partial charge in [0.05, 0.1) is 11.9 Å². The first-order valence-corrected chi connectivity index (χ1v) is 9.02. The largest absolute Gasteiger partial charge is 0.370 e. The summed E-state index contributed by atoms with van der Waals surface area (Å²) >= 11 is 0. The first-order chi connectivity index (χ1) is 12.6. The van der Waals surface area contributed by atoms with Crippen molar-refractivity contribution in [2.45, 2.75) is 32.6 Å². The number of amides is 2. The molecule has 0 unspecified atom stereocenters. The molecule has 1 saturated heterocycles. The van der Waals surface area contributed by atoms with Crippen LogP contribution in [0.15, 0.2) is 42.6 Å². The van der Waals surface area contributed by atoms with Crippen LogP contribution in [-0.2, 0) is 4.79 Å². The SMILES string of the molecule is CC(=O)Nc1ccc(NC(=O)c2ccc(N3CCCCCC3)cn2)cc1. The fourth-order valence-corrected chi connectivity index (χ4v) is 3.07. The van der Waals surface area contributed by atoms with E-state index in [-0.39, 0.29) is 11.8 Å². The Bertz CT molecular complexity index is 748. The Morgan fingerprint density at radius 1 is 0.885 bits per heavy atom. The van der Waals surface area contributed by atoms with Crippen LogP contribution in [-0.4, -0.2) is 29.9 Å². The molecule has 0 bridgehead atoms. The lowest BCUT2D eigenvalue weighted by Gasteiger charge is -2.22. The minimum atomic E-state index is -0.250. The third kappa shape index (κ3) is 4.81. The van der Waals surface area contributed by atoms with Crippen molar-refractivity contribution >= 4 is 28.9 Å². The molecule has 3 rings (SSSR count). The standard InChI is InChI=1S/C20H24N4O2/c1-15(25)22-16-6-8-17(9-7-16)23-20(26)19-11-10-18(14-21-19)24-12-4-2-3-5-13-24/h6-11,14H,2-5,12-13H2,1H3,(H,22,25)(H,23,26). The van der Waals surface area contributed by atoms with Gasteiger partial charge in [-0.2, -0.15) is 0 Å². The predicted molar refractivity (Wildman–Crippen MR) is 104 cm³/mol. The Balaban J connectivity index is 1.61. The second-order valence-corrected chi connectivity index (χ2v) is 6.52. The highest BCUT2D eigenvalue weighted by Crippen LogP contribution is 2.19. The van der Waals surface area contributed by atoms with Gasteiger partial charge in [0.2, 0.25) is 5.91 Å². The van der Waals surface area contributed by atoms with Crippen LogP contribution in [0.4, 0.5) is 17.1 Å². The van der Waals surface area contributed by atoms with Gasteiger partial charge in [-0.1, -0.05) is 12.8 Å². The van der Waals surface area contributed by atoms with E-state index >= 15 is 0 Å². The lowest BCUT2D eigenvalue weighted by Crippen LogP contribution is -2.24. The third-order valence-electron chi connectivity index (χ3n) is 4.41. The van der Waals surface area contributed by atoms with E-state index in [1.807, 2.05) is 6.07 Å². The topological polar surface area (TPSA) is 74.3 Å². The van der Waals surface area contributed by atoms with E-state index in [1.54, 1.807) is 36.5 Å². The number of aromatic nitrogens is 1. The number of carbonyl (C=O) groups is 2. The van der Waals surface area contributed by atoms with E-state index in [4.69, 9.17) is 0 Å². The van der Waals surface area contributed by atoms with Crippen LogP contribution in [0.2, 0.25) is 0 Å². The molecule has 26 heavy (non-hydrogen) atoms. The Kier molecular flexibility index (Phi) is 5.84. The zero-order valence-electron chi connectivity index (χ0n) is 15.0. The molecule has 6 heteroatoms. The van der Waals surface area contributed by atoms with Crippen molar-refractivity contribution in [3.63, 3.8) is 0 Å². The van der Waals surface area contributed by atoms with E-state index < -0.39 is 0 Å². The molecule has 0 aliphatic carbocycles. The van der Waals surface area contributed by atoms with E-state index in [0.29, 0.717) is 17.1 Å². The summed E-state index contributed by atoms with van der Waals surface area (Å²) in [5, 5.41) is 5.51. The summed E-state index contributed by atoms with van der Waals surface area (Å²) in [4.78, 5) is 30.1. The molecule has 2 aromatic rings. The molecular formula is C20H24N4O2. The van der Waals surface area contributed by atoms with Crippen molar-refractivity contribution in [1.82, 2.24) is 4.98 Å². The van der Waals surface area contributed by atoms with Gasteiger partial charge in [0.1, 0.15) is 5.69 Å². The van der Waals surface area contributed by atoms with Gasteiger partial charge in [-0.3, -0.25) is 9.59 Å². The summed E-state index contributed by atoms with van der Waals surface area (Å²) in [5.74, 6) is -0.379. The quantitative estimate of drug-likeness (QED) is 0.880. The van der Waals surface area contributed by atoms with Crippen molar-refractivity contribution < 1.29 is 9.59 Å². The van der Waals surface area contributed by atoms with Gasteiger partial charge >= 0.3 is 0 Å². The molecule has 2 heterocycles. The lowest BCUT2D eigenvalue weighted by atomic mass is 10.2. The van der Waals surface area contributed by atoms with E-state index in [2.05, 4.69) is 20.5 Å². The summed E-state index contributed by atoms with van der Waals surface area (Å²) in [6, 6.07) is 10.7. The van der Waals surface area contributed by atoms with Gasteiger partial charge in [-0.05, 0) is 49.2 Å². The molecule has 2 N–H and O–H groups in total. The average molecular weight is 352 g/mol. The summed E-state index contributed by atoms with van der Waals surface area (Å²) in [5.41, 5.74) is 2.80. The Hall–Kier alpha value is -2.89. The molecular weight excluding hydrogens is 328 g/mol. The molecule has 136 valence electrons. The van der Waals surface area contributed by atoms with Crippen molar-refractivity contribution in [2.75, 3.05) is 28.6 Å².